The van der Waals surface area contributed by atoms with Crippen LogP contribution in [0, 0.1) is 0 Å². The first-order valence-electron chi connectivity index (χ1n) is 5.70. The van der Waals surface area contributed by atoms with Crippen LogP contribution >= 0.6 is 0 Å². The van der Waals surface area contributed by atoms with Crippen molar-refractivity contribution in [1.29, 1.82) is 0 Å². The van der Waals surface area contributed by atoms with Crippen molar-refractivity contribution < 1.29 is 14.3 Å². The molecule has 1 aromatic rings. The van der Waals surface area contributed by atoms with Crippen molar-refractivity contribution in [2.75, 3.05) is 19.5 Å². The van der Waals surface area contributed by atoms with Crippen molar-refractivity contribution in [1.82, 2.24) is 9.88 Å². The largest absolute Gasteiger partial charge is 0.481 e. The number of methoxy groups -OCH3 is 1. The lowest BCUT2D eigenvalue weighted by atomic mass is 10.0. The molecule has 0 saturated carbocycles. The molecule has 0 radical (unpaired) electrons. The number of hydrogen-bond acceptors (Lipinski definition) is 5. The zero-order chi connectivity index (χ0) is 13.1. The van der Waals surface area contributed by atoms with Gasteiger partial charge in [0.25, 0.3) is 5.91 Å². The number of piperidine rings is 1. The molecule has 0 bridgehead atoms. The number of carbonyl (C=O) groups excluding carboxylic acids is 2. The average Bonchev–Trinajstić information content (AvgIpc) is 2.40. The summed E-state index contributed by atoms with van der Waals surface area (Å²) < 4.78 is 5.01. The van der Waals surface area contributed by atoms with Gasteiger partial charge >= 0.3 is 0 Å². The van der Waals surface area contributed by atoms with Gasteiger partial charge in [-0.3, -0.25) is 14.5 Å². The second kappa shape index (κ2) is 5.03. The van der Waals surface area contributed by atoms with Crippen LogP contribution in [0.4, 0.5) is 5.82 Å². The summed E-state index contributed by atoms with van der Waals surface area (Å²) in [5, 5.41) is 3.02. The molecule has 0 aromatic carbocycles. The third-order valence-electron chi connectivity index (χ3n) is 2.90. The van der Waals surface area contributed by atoms with Crippen molar-refractivity contribution in [3.8, 4) is 5.88 Å². The number of nitrogens with zero attached hydrogens (tertiary/aromatic N) is 2. The SMILES string of the molecule is COc1cccc(NC2CCC(=O)N(C)C2=O)n1. The van der Waals surface area contributed by atoms with Gasteiger partial charge in [-0.1, -0.05) is 6.07 Å². The van der Waals surface area contributed by atoms with Gasteiger partial charge in [0, 0.05) is 19.5 Å². The number of rotatable bonds is 3. The van der Waals surface area contributed by atoms with Crippen LogP contribution in [-0.2, 0) is 9.59 Å². The van der Waals surface area contributed by atoms with Crippen LogP contribution in [0.5, 0.6) is 5.88 Å². The van der Waals surface area contributed by atoms with Gasteiger partial charge in [-0.05, 0) is 12.5 Å². The van der Waals surface area contributed by atoms with Gasteiger partial charge in [-0.15, -0.1) is 0 Å². The van der Waals surface area contributed by atoms with Crippen molar-refractivity contribution >= 4 is 17.6 Å². The Morgan fingerprint density at radius 3 is 2.94 bits per heavy atom. The number of amides is 2. The quantitative estimate of drug-likeness (QED) is 0.796. The Hall–Kier alpha value is -2.11. The Balaban J connectivity index is 2.09. The van der Waals surface area contributed by atoms with Gasteiger partial charge in [0.1, 0.15) is 11.9 Å². The number of pyridine rings is 1. The fraction of sp³-hybridized carbons (Fsp3) is 0.417. The van der Waals surface area contributed by atoms with Crippen LogP contribution in [0.2, 0.25) is 0 Å². The molecule has 1 atom stereocenters. The molecule has 18 heavy (non-hydrogen) atoms. The minimum Gasteiger partial charge on any atom is -0.481 e. The van der Waals surface area contributed by atoms with E-state index in [4.69, 9.17) is 4.74 Å². The molecule has 1 aliphatic rings. The van der Waals surface area contributed by atoms with E-state index in [0.29, 0.717) is 24.5 Å². The fourth-order valence-corrected chi connectivity index (χ4v) is 1.84. The van der Waals surface area contributed by atoms with Crippen molar-refractivity contribution in [3.63, 3.8) is 0 Å². The number of likely N-dealkylation sites (N-methyl/N-ethyl adjacent to an activating group) is 1. The molecule has 1 fully saturated rings. The third kappa shape index (κ3) is 2.42. The molecule has 0 spiro atoms. The van der Waals surface area contributed by atoms with Gasteiger partial charge in [-0.25, -0.2) is 0 Å². The molecule has 1 unspecified atom stereocenters. The minimum absolute atomic E-state index is 0.142. The summed E-state index contributed by atoms with van der Waals surface area (Å²) in [5.74, 6) is 0.677. The number of ether oxygens (including phenoxy) is 1. The van der Waals surface area contributed by atoms with Crippen LogP contribution in [0.1, 0.15) is 12.8 Å². The molecular formula is C12H15N3O3. The summed E-state index contributed by atoms with van der Waals surface area (Å²) in [7, 11) is 3.03. The predicted molar refractivity (Wildman–Crippen MR) is 65.2 cm³/mol. The number of carbonyl (C=O) groups is 2. The van der Waals surface area contributed by atoms with E-state index in [1.165, 1.54) is 14.2 Å². The normalized spacial score (nSPS) is 19.9. The number of aromatic nitrogens is 1. The molecule has 1 N–H and O–H groups in total. The summed E-state index contributed by atoms with van der Waals surface area (Å²) in [6.07, 6.45) is 0.852. The summed E-state index contributed by atoms with van der Waals surface area (Å²) in [6.45, 7) is 0. The standard InChI is InChI=1S/C12H15N3O3/c1-15-11(16)7-6-8(12(15)17)13-9-4-3-5-10(14-9)18-2/h3-5,8H,6-7H2,1-2H3,(H,13,14). The van der Waals surface area contributed by atoms with Crippen molar-refractivity contribution in [2.24, 2.45) is 0 Å². The lowest BCUT2D eigenvalue weighted by Crippen LogP contribution is -2.48. The van der Waals surface area contributed by atoms with Crippen LogP contribution < -0.4 is 10.1 Å². The Bertz CT molecular complexity index is 475. The Kier molecular flexibility index (Phi) is 3.45. The molecule has 6 nitrogen and oxygen atoms in total. The molecule has 1 aromatic heterocycles. The molecule has 1 saturated heterocycles. The van der Waals surface area contributed by atoms with E-state index in [-0.39, 0.29) is 11.8 Å². The molecule has 1 aliphatic heterocycles. The first kappa shape index (κ1) is 12.3. The molecule has 2 heterocycles. The highest BCUT2D eigenvalue weighted by atomic mass is 16.5. The maximum atomic E-state index is 11.9. The highest BCUT2D eigenvalue weighted by Gasteiger charge is 2.31. The van der Waals surface area contributed by atoms with Gasteiger partial charge in [-0.2, -0.15) is 4.98 Å². The zero-order valence-electron chi connectivity index (χ0n) is 10.3. The molecule has 6 heteroatoms. The van der Waals surface area contributed by atoms with Crippen molar-refractivity contribution in [2.45, 2.75) is 18.9 Å². The highest BCUT2D eigenvalue weighted by molar-refractivity contribution is 6.01. The number of imide groups is 1. The fourth-order valence-electron chi connectivity index (χ4n) is 1.84. The monoisotopic (exact) mass is 249 g/mol. The Labute approximate surface area is 105 Å². The lowest BCUT2D eigenvalue weighted by Gasteiger charge is -2.28. The van der Waals surface area contributed by atoms with Gasteiger partial charge in [0.15, 0.2) is 0 Å². The number of hydrogen-bond donors (Lipinski definition) is 1. The Morgan fingerprint density at radius 1 is 1.44 bits per heavy atom. The molecule has 0 aliphatic carbocycles. The zero-order valence-corrected chi connectivity index (χ0v) is 10.3. The summed E-state index contributed by atoms with van der Waals surface area (Å²) in [4.78, 5) is 28.6. The van der Waals surface area contributed by atoms with Crippen molar-refractivity contribution in [3.05, 3.63) is 18.2 Å². The molecule has 96 valence electrons. The van der Waals surface area contributed by atoms with E-state index in [2.05, 4.69) is 10.3 Å². The third-order valence-corrected chi connectivity index (χ3v) is 2.90. The molecule has 2 rings (SSSR count). The van der Waals surface area contributed by atoms with Crippen LogP contribution in [-0.4, -0.2) is 41.9 Å². The first-order valence-corrected chi connectivity index (χ1v) is 5.70. The van der Waals surface area contributed by atoms with Gasteiger partial charge in [0.05, 0.1) is 7.11 Å². The smallest absolute Gasteiger partial charge is 0.251 e. The molecular weight excluding hydrogens is 234 g/mol. The predicted octanol–water partition coefficient (Wildman–Crippen LogP) is 0.649. The maximum absolute atomic E-state index is 11.9. The van der Waals surface area contributed by atoms with E-state index in [1.54, 1.807) is 18.2 Å². The van der Waals surface area contributed by atoms with Gasteiger partial charge < -0.3 is 10.1 Å². The number of nitrogens with one attached hydrogen (secondary N) is 1. The van der Waals surface area contributed by atoms with Crippen LogP contribution in [0.15, 0.2) is 18.2 Å². The van der Waals surface area contributed by atoms with E-state index >= 15 is 0 Å². The van der Waals surface area contributed by atoms with E-state index in [9.17, 15) is 9.59 Å². The Morgan fingerprint density at radius 2 is 2.22 bits per heavy atom. The van der Waals surface area contributed by atoms with Crippen LogP contribution in [0.3, 0.4) is 0 Å². The number of likely N-dealkylation sites (tertiary alicyclic amines) is 1. The van der Waals surface area contributed by atoms with Gasteiger partial charge in [0.2, 0.25) is 11.8 Å². The summed E-state index contributed by atoms with van der Waals surface area (Å²) in [6, 6.07) is 4.86. The molecule has 2 amide bonds. The highest BCUT2D eigenvalue weighted by Crippen LogP contribution is 2.17. The van der Waals surface area contributed by atoms with E-state index in [1.807, 2.05) is 0 Å². The van der Waals surface area contributed by atoms with E-state index < -0.39 is 6.04 Å². The minimum atomic E-state index is -0.410. The summed E-state index contributed by atoms with van der Waals surface area (Å²) >= 11 is 0. The maximum Gasteiger partial charge on any atom is 0.251 e. The second-order valence-corrected chi connectivity index (χ2v) is 4.09. The van der Waals surface area contributed by atoms with Crippen LogP contribution in [0.25, 0.3) is 0 Å². The second-order valence-electron chi connectivity index (χ2n) is 4.09. The average molecular weight is 249 g/mol. The number of anilines is 1. The topological polar surface area (TPSA) is 71.5 Å². The lowest BCUT2D eigenvalue weighted by molar-refractivity contribution is -0.146. The van der Waals surface area contributed by atoms with E-state index in [0.717, 1.165) is 4.90 Å². The summed E-state index contributed by atoms with van der Waals surface area (Å²) in [5.41, 5.74) is 0. The first-order chi connectivity index (χ1) is 8.61.